The van der Waals surface area contributed by atoms with Gasteiger partial charge in [0.1, 0.15) is 0 Å². The number of carbonyl (C=O) groups excluding carboxylic acids is 1. The second kappa shape index (κ2) is 6.85. The molecule has 8 heteroatoms. The lowest BCUT2D eigenvalue weighted by atomic mass is 9.52. The quantitative estimate of drug-likeness (QED) is 0.716. The standard InChI is InChI=1S/C23H31NO6S/c1-4-29-19-11-17-14(9-20(19)30-31(27,28)24-13(2)25)5-6-18-16(17)7-8-22(3)21(26)10-15-12-23(15,18)22/h9,11,15-16,18,21,26H,4-8,10,12H2,1-3H3,(H,24,25)/t15-,16?,18?,21-,22-,23+/m1/s1. The summed E-state index contributed by atoms with van der Waals surface area (Å²) in [5.74, 6) is 1.38. The number of hydrogen-bond acceptors (Lipinski definition) is 6. The van der Waals surface area contributed by atoms with Crippen LogP contribution in [0.15, 0.2) is 12.1 Å². The van der Waals surface area contributed by atoms with E-state index in [2.05, 4.69) is 6.92 Å². The molecule has 0 bridgehead atoms. The van der Waals surface area contributed by atoms with E-state index >= 15 is 0 Å². The highest BCUT2D eigenvalue weighted by atomic mass is 32.2. The molecule has 1 aromatic carbocycles. The van der Waals surface area contributed by atoms with Gasteiger partial charge in [-0.15, -0.1) is 0 Å². The number of fused-ring (bicyclic) bond motifs is 3. The molecule has 31 heavy (non-hydrogen) atoms. The van der Waals surface area contributed by atoms with Gasteiger partial charge in [0, 0.05) is 6.92 Å². The predicted octanol–water partition coefficient (Wildman–Crippen LogP) is 3.06. The number of carbonyl (C=O) groups is 1. The van der Waals surface area contributed by atoms with Crippen LogP contribution >= 0.6 is 0 Å². The zero-order chi connectivity index (χ0) is 22.2. The van der Waals surface area contributed by atoms with E-state index in [1.54, 1.807) is 6.07 Å². The van der Waals surface area contributed by atoms with Gasteiger partial charge in [-0.3, -0.25) is 4.79 Å². The van der Waals surface area contributed by atoms with Crippen molar-refractivity contribution in [3.63, 3.8) is 0 Å². The maximum Gasteiger partial charge on any atom is 0.409 e. The number of amides is 1. The third-order valence-electron chi connectivity index (χ3n) is 8.68. The van der Waals surface area contributed by atoms with Crippen LogP contribution in [0.3, 0.4) is 0 Å². The van der Waals surface area contributed by atoms with E-state index in [-0.39, 0.29) is 22.7 Å². The second-order valence-corrected chi connectivity index (χ2v) is 11.3. The van der Waals surface area contributed by atoms with E-state index in [1.807, 2.05) is 17.7 Å². The normalized spacial score (nSPS) is 37.7. The molecule has 5 rings (SSSR count). The van der Waals surface area contributed by atoms with Crippen LogP contribution in [0.2, 0.25) is 0 Å². The summed E-state index contributed by atoms with van der Waals surface area (Å²) >= 11 is 0. The van der Waals surface area contributed by atoms with Crippen LogP contribution in [-0.2, 0) is 21.5 Å². The molecule has 0 saturated heterocycles. The molecule has 0 aromatic heterocycles. The Morgan fingerprint density at radius 1 is 1.29 bits per heavy atom. The lowest BCUT2D eigenvalue weighted by Crippen LogP contribution is -2.47. The smallest absolute Gasteiger partial charge is 0.409 e. The van der Waals surface area contributed by atoms with Gasteiger partial charge in [0.2, 0.25) is 5.91 Å². The summed E-state index contributed by atoms with van der Waals surface area (Å²) in [5.41, 5.74) is 2.60. The van der Waals surface area contributed by atoms with Crippen molar-refractivity contribution in [1.82, 2.24) is 4.72 Å². The molecule has 1 amide bonds. The number of aliphatic hydroxyl groups is 1. The van der Waals surface area contributed by atoms with Crippen LogP contribution in [0, 0.1) is 22.7 Å². The monoisotopic (exact) mass is 449 g/mol. The van der Waals surface area contributed by atoms with Crippen molar-refractivity contribution in [2.75, 3.05) is 6.61 Å². The maximum absolute atomic E-state index is 12.2. The van der Waals surface area contributed by atoms with Gasteiger partial charge >= 0.3 is 10.3 Å². The fourth-order valence-corrected chi connectivity index (χ4v) is 8.20. The molecule has 7 nitrogen and oxygen atoms in total. The molecule has 3 saturated carbocycles. The van der Waals surface area contributed by atoms with E-state index < -0.39 is 16.2 Å². The fraction of sp³-hybridized carbons (Fsp3) is 0.696. The van der Waals surface area contributed by atoms with E-state index in [0.717, 1.165) is 44.6 Å². The molecule has 1 aromatic rings. The van der Waals surface area contributed by atoms with Crippen LogP contribution < -0.4 is 13.6 Å². The van der Waals surface area contributed by atoms with Gasteiger partial charge in [0.25, 0.3) is 0 Å². The molecule has 2 unspecified atom stereocenters. The van der Waals surface area contributed by atoms with Crippen LogP contribution in [0.5, 0.6) is 11.5 Å². The van der Waals surface area contributed by atoms with E-state index in [9.17, 15) is 18.3 Å². The number of aliphatic hydroxyl groups excluding tert-OH is 1. The second-order valence-electron chi connectivity index (χ2n) is 10.0. The van der Waals surface area contributed by atoms with Crippen molar-refractivity contribution < 1.29 is 27.2 Å². The third-order valence-corrected chi connectivity index (χ3v) is 9.62. The molecule has 2 N–H and O–H groups in total. The summed E-state index contributed by atoms with van der Waals surface area (Å²) in [7, 11) is -4.26. The van der Waals surface area contributed by atoms with Gasteiger partial charge in [-0.1, -0.05) is 6.92 Å². The summed E-state index contributed by atoms with van der Waals surface area (Å²) in [6, 6.07) is 3.73. The summed E-state index contributed by atoms with van der Waals surface area (Å²) < 4.78 is 37.1. The lowest BCUT2D eigenvalue weighted by molar-refractivity contribution is -0.117. The number of ether oxygens (including phenoxy) is 1. The topological polar surface area (TPSA) is 102 Å². The van der Waals surface area contributed by atoms with Crippen molar-refractivity contribution in [3.05, 3.63) is 23.3 Å². The van der Waals surface area contributed by atoms with Crippen LogP contribution in [0.1, 0.15) is 69.9 Å². The Morgan fingerprint density at radius 2 is 2.06 bits per heavy atom. The summed E-state index contributed by atoms with van der Waals surface area (Å²) in [4.78, 5) is 11.2. The van der Waals surface area contributed by atoms with Crippen molar-refractivity contribution in [1.29, 1.82) is 0 Å². The lowest BCUT2D eigenvalue weighted by Gasteiger charge is -2.52. The summed E-state index contributed by atoms with van der Waals surface area (Å²) in [6.07, 6.45) is 5.90. The van der Waals surface area contributed by atoms with E-state index in [4.69, 9.17) is 8.92 Å². The van der Waals surface area contributed by atoms with Crippen molar-refractivity contribution in [3.8, 4) is 11.5 Å². The molecular weight excluding hydrogens is 418 g/mol. The summed E-state index contributed by atoms with van der Waals surface area (Å²) in [6.45, 7) is 5.64. The molecular formula is C23H31NO6S. The Hall–Kier alpha value is -1.80. The molecule has 3 fully saturated rings. The molecule has 1 spiro atoms. The first kappa shape index (κ1) is 21.1. The Kier molecular flexibility index (Phi) is 4.65. The van der Waals surface area contributed by atoms with Gasteiger partial charge in [-0.05, 0) is 97.3 Å². The Balaban J connectivity index is 1.50. The van der Waals surface area contributed by atoms with Gasteiger partial charge < -0.3 is 14.0 Å². The minimum absolute atomic E-state index is 0.0224. The van der Waals surface area contributed by atoms with Crippen LogP contribution in [0.25, 0.3) is 0 Å². The Labute approximate surface area is 183 Å². The average Bonchev–Trinajstić information content (AvgIpc) is 3.33. The van der Waals surface area contributed by atoms with Gasteiger partial charge in [-0.2, -0.15) is 8.42 Å². The molecule has 0 heterocycles. The number of aryl methyl sites for hydroxylation is 1. The number of rotatable bonds is 5. The van der Waals surface area contributed by atoms with Crippen molar-refractivity contribution >= 4 is 16.2 Å². The zero-order valence-electron chi connectivity index (χ0n) is 18.3. The number of nitrogens with one attached hydrogen (secondary N) is 1. The molecule has 4 aliphatic rings. The highest BCUT2D eigenvalue weighted by Crippen LogP contribution is 2.81. The van der Waals surface area contributed by atoms with E-state index in [0.29, 0.717) is 30.1 Å². The molecule has 170 valence electrons. The molecule has 0 aliphatic heterocycles. The Morgan fingerprint density at radius 3 is 2.77 bits per heavy atom. The van der Waals surface area contributed by atoms with Crippen molar-refractivity contribution in [2.24, 2.45) is 22.7 Å². The summed E-state index contributed by atoms with van der Waals surface area (Å²) in [5, 5.41) is 10.8. The van der Waals surface area contributed by atoms with Crippen LogP contribution in [-0.4, -0.2) is 32.1 Å². The first-order valence-corrected chi connectivity index (χ1v) is 12.7. The molecule has 6 atom stereocenters. The highest BCUT2D eigenvalue weighted by molar-refractivity contribution is 7.85. The largest absolute Gasteiger partial charge is 0.490 e. The minimum atomic E-state index is -4.26. The first-order chi connectivity index (χ1) is 14.6. The van der Waals surface area contributed by atoms with E-state index in [1.165, 1.54) is 12.0 Å². The molecule has 4 aliphatic carbocycles. The van der Waals surface area contributed by atoms with Crippen molar-refractivity contribution in [2.45, 2.75) is 71.3 Å². The third kappa shape index (κ3) is 3.01. The predicted molar refractivity (Wildman–Crippen MR) is 114 cm³/mol. The Bertz CT molecular complexity index is 1040. The van der Waals surface area contributed by atoms with Crippen LogP contribution in [0.4, 0.5) is 0 Å². The van der Waals surface area contributed by atoms with Gasteiger partial charge in [-0.25, -0.2) is 4.72 Å². The number of hydrogen-bond donors (Lipinski definition) is 2. The average molecular weight is 450 g/mol. The number of benzene rings is 1. The first-order valence-electron chi connectivity index (χ1n) is 11.3. The molecule has 0 radical (unpaired) electrons. The SMILES string of the molecule is CCOc1cc2c(cc1OS(=O)(=O)NC(C)=O)CCC1C2CC[C@]2(C)[C@H](O)C[C@@H]3C[C@@]132. The zero-order valence-corrected chi connectivity index (χ0v) is 19.1. The minimum Gasteiger partial charge on any atom is -0.490 e. The maximum atomic E-state index is 12.2. The fourth-order valence-electron chi connectivity index (χ4n) is 7.44. The van der Waals surface area contributed by atoms with Gasteiger partial charge in [0.15, 0.2) is 11.5 Å². The van der Waals surface area contributed by atoms with Gasteiger partial charge in [0.05, 0.1) is 12.7 Å². The highest BCUT2D eigenvalue weighted by Gasteiger charge is 2.76.